The van der Waals surface area contributed by atoms with Crippen LogP contribution in [0.15, 0.2) is 12.4 Å². The van der Waals surface area contributed by atoms with Crippen LogP contribution in [0.25, 0.3) is 0 Å². The molecule has 1 saturated heterocycles. The van der Waals surface area contributed by atoms with Gasteiger partial charge in [-0.15, -0.1) is 0 Å². The first-order valence-corrected chi connectivity index (χ1v) is 5.06. The third-order valence-electron chi connectivity index (χ3n) is 2.35. The molecule has 0 saturated carbocycles. The minimum Gasteiger partial charge on any atom is -0.382 e. The Morgan fingerprint density at radius 1 is 1.47 bits per heavy atom. The lowest BCUT2D eigenvalue weighted by molar-refractivity contribution is 0.0771. The highest BCUT2D eigenvalue weighted by molar-refractivity contribution is 5.22. The Balaban J connectivity index is 1.71. The maximum Gasteiger partial charge on any atom is 0.141 e. The molecule has 2 heterocycles. The van der Waals surface area contributed by atoms with Crippen LogP contribution in [0.5, 0.6) is 0 Å². The van der Waals surface area contributed by atoms with Crippen LogP contribution in [0.1, 0.15) is 12.1 Å². The lowest BCUT2D eigenvalue weighted by Gasteiger charge is -2.07. The fourth-order valence-corrected chi connectivity index (χ4v) is 1.48. The Morgan fingerprint density at radius 3 is 3.07 bits per heavy atom. The van der Waals surface area contributed by atoms with Crippen molar-refractivity contribution in [3.05, 3.63) is 18.1 Å². The number of ether oxygens (including phenoxy) is 2. The van der Waals surface area contributed by atoms with Gasteiger partial charge in [0.25, 0.3) is 0 Å². The summed E-state index contributed by atoms with van der Waals surface area (Å²) in [5.41, 5.74) is 6.23. The summed E-state index contributed by atoms with van der Waals surface area (Å²) in [7, 11) is 0. The standard InChI is InChI=1S/C10H15N3O2/c11-10-4-12-9(3-13-10)7-15-6-8-1-2-14-5-8/h3-4,8H,1-2,5-7H2,(H2,11,13). The molecule has 2 N–H and O–H groups in total. The molecule has 0 radical (unpaired) electrons. The fraction of sp³-hybridized carbons (Fsp3) is 0.600. The van der Waals surface area contributed by atoms with Crippen molar-refractivity contribution in [2.45, 2.75) is 13.0 Å². The number of nitrogens with zero attached hydrogens (tertiary/aromatic N) is 2. The summed E-state index contributed by atoms with van der Waals surface area (Å²) in [4.78, 5) is 8.04. The molecule has 0 aliphatic carbocycles. The van der Waals surface area contributed by atoms with Crippen LogP contribution in [-0.4, -0.2) is 29.8 Å². The average molecular weight is 209 g/mol. The third-order valence-corrected chi connectivity index (χ3v) is 2.35. The molecule has 1 aliphatic rings. The quantitative estimate of drug-likeness (QED) is 0.786. The molecule has 15 heavy (non-hydrogen) atoms. The minimum absolute atomic E-state index is 0.433. The number of hydrogen-bond donors (Lipinski definition) is 1. The van der Waals surface area contributed by atoms with Gasteiger partial charge in [-0.25, -0.2) is 4.98 Å². The maximum absolute atomic E-state index is 5.52. The van der Waals surface area contributed by atoms with E-state index in [9.17, 15) is 0 Å². The fourth-order valence-electron chi connectivity index (χ4n) is 1.48. The molecular formula is C10H15N3O2. The summed E-state index contributed by atoms with van der Waals surface area (Å²) >= 11 is 0. The largest absolute Gasteiger partial charge is 0.382 e. The zero-order chi connectivity index (χ0) is 10.5. The monoisotopic (exact) mass is 209 g/mol. The molecule has 1 unspecified atom stereocenters. The predicted octanol–water partition coefficient (Wildman–Crippen LogP) is 0.612. The molecule has 2 rings (SSSR count). The van der Waals surface area contributed by atoms with E-state index in [1.54, 1.807) is 6.20 Å². The molecular weight excluding hydrogens is 194 g/mol. The van der Waals surface area contributed by atoms with Crippen molar-refractivity contribution in [2.75, 3.05) is 25.6 Å². The first-order chi connectivity index (χ1) is 7.34. The van der Waals surface area contributed by atoms with Crippen molar-refractivity contribution in [3.8, 4) is 0 Å². The van der Waals surface area contributed by atoms with E-state index in [1.807, 2.05) is 0 Å². The van der Waals surface area contributed by atoms with Crippen molar-refractivity contribution < 1.29 is 9.47 Å². The highest BCUT2D eigenvalue weighted by Crippen LogP contribution is 2.12. The molecule has 5 nitrogen and oxygen atoms in total. The highest BCUT2D eigenvalue weighted by Gasteiger charge is 2.15. The zero-order valence-electron chi connectivity index (χ0n) is 8.56. The average Bonchev–Trinajstić information content (AvgIpc) is 2.74. The first-order valence-electron chi connectivity index (χ1n) is 5.06. The van der Waals surface area contributed by atoms with Crippen LogP contribution in [0.2, 0.25) is 0 Å². The van der Waals surface area contributed by atoms with Crippen molar-refractivity contribution in [1.82, 2.24) is 9.97 Å². The van der Waals surface area contributed by atoms with E-state index >= 15 is 0 Å². The lowest BCUT2D eigenvalue weighted by atomic mass is 10.1. The van der Waals surface area contributed by atoms with Crippen LogP contribution in [0.4, 0.5) is 5.82 Å². The molecule has 5 heteroatoms. The second-order valence-electron chi connectivity index (χ2n) is 3.68. The summed E-state index contributed by atoms with van der Waals surface area (Å²) in [6.07, 6.45) is 4.27. The second kappa shape index (κ2) is 5.04. The number of rotatable bonds is 4. The molecule has 1 atom stereocenters. The van der Waals surface area contributed by atoms with E-state index in [1.165, 1.54) is 6.20 Å². The van der Waals surface area contributed by atoms with Gasteiger partial charge in [-0.3, -0.25) is 4.98 Å². The van der Waals surface area contributed by atoms with Gasteiger partial charge in [0.2, 0.25) is 0 Å². The Hall–Kier alpha value is -1.20. The second-order valence-corrected chi connectivity index (χ2v) is 3.68. The SMILES string of the molecule is Nc1cnc(COCC2CCOC2)cn1. The first kappa shape index (κ1) is 10.3. The Bertz CT molecular complexity index is 296. The minimum atomic E-state index is 0.433. The normalized spacial score (nSPS) is 20.7. The number of anilines is 1. The van der Waals surface area contributed by atoms with Gasteiger partial charge in [0, 0.05) is 12.5 Å². The van der Waals surface area contributed by atoms with E-state index in [2.05, 4.69) is 9.97 Å². The number of nitrogens with two attached hydrogens (primary N) is 1. The summed E-state index contributed by atoms with van der Waals surface area (Å²) in [6.45, 7) is 2.89. The van der Waals surface area contributed by atoms with Gasteiger partial charge < -0.3 is 15.2 Å². The van der Waals surface area contributed by atoms with Crippen molar-refractivity contribution in [3.63, 3.8) is 0 Å². The topological polar surface area (TPSA) is 70.3 Å². The van der Waals surface area contributed by atoms with Crippen molar-refractivity contribution in [1.29, 1.82) is 0 Å². The third kappa shape index (κ3) is 3.14. The maximum atomic E-state index is 5.52. The molecule has 0 spiro atoms. The Kier molecular flexibility index (Phi) is 3.47. The molecule has 82 valence electrons. The molecule has 0 aromatic carbocycles. The van der Waals surface area contributed by atoms with Gasteiger partial charge in [-0.2, -0.15) is 0 Å². The van der Waals surface area contributed by atoms with E-state index in [0.29, 0.717) is 18.3 Å². The predicted molar refractivity (Wildman–Crippen MR) is 55.0 cm³/mol. The van der Waals surface area contributed by atoms with Crippen molar-refractivity contribution >= 4 is 5.82 Å². The van der Waals surface area contributed by atoms with Gasteiger partial charge in [-0.05, 0) is 6.42 Å². The van der Waals surface area contributed by atoms with Gasteiger partial charge >= 0.3 is 0 Å². The molecule has 0 amide bonds. The number of nitrogen functional groups attached to an aromatic ring is 1. The summed E-state index contributed by atoms with van der Waals surface area (Å²) in [6, 6.07) is 0. The molecule has 1 aromatic rings. The number of aromatic nitrogens is 2. The van der Waals surface area contributed by atoms with Crippen LogP contribution < -0.4 is 5.73 Å². The van der Waals surface area contributed by atoms with Gasteiger partial charge in [0.15, 0.2) is 0 Å². The van der Waals surface area contributed by atoms with E-state index in [0.717, 1.165) is 31.9 Å². The molecule has 1 aromatic heterocycles. The van der Waals surface area contributed by atoms with E-state index in [4.69, 9.17) is 15.2 Å². The number of hydrogen-bond acceptors (Lipinski definition) is 5. The van der Waals surface area contributed by atoms with Gasteiger partial charge in [0.1, 0.15) is 5.82 Å². The van der Waals surface area contributed by atoms with Crippen LogP contribution in [-0.2, 0) is 16.1 Å². The van der Waals surface area contributed by atoms with E-state index < -0.39 is 0 Å². The van der Waals surface area contributed by atoms with Crippen LogP contribution >= 0.6 is 0 Å². The van der Waals surface area contributed by atoms with Gasteiger partial charge in [0.05, 0.1) is 37.9 Å². The van der Waals surface area contributed by atoms with E-state index in [-0.39, 0.29) is 0 Å². The molecule has 1 fully saturated rings. The molecule has 1 aliphatic heterocycles. The smallest absolute Gasteiger partial charge is 0.141 e. The highest BCUT2D eigenvalue weighted by atomic mass is 16.5. The Morgan fingerprint density at radius 2 is 2.40 bits per heavy atom. The van der Waals surface area contributed by atoms with Crippen LogP contribution in [0, 0.1) is 5.92 Å². The Labute approximate surface area is 88.6 Å². The summed E-state index contributed by atoms with van der Waals surface area (Å²) < 4.78 is 10.8. The van der Waals surface area contributed by atoms with Crippen LogP contribution in [0.3, 0.4) is 0 Å². The summed E-state index contributed by atoms with van der Waals surface area (Å²) in [5, 5.41) is 0. The lowest BCUT2D eigenvalue weighted by Crippen LogP contribution is -2.09. The summed E-state index contributed by atoms with van der Waals surface area (Å²) in [5.74, 6) is 0.967. The molecule has 0 bridgehead atoms. The van der Waals surface area contributed by atoms with Crippen molar-refractivity contribution in [2.24, 2.45) is 5.92 Å². The zero-order valence-corrected chi connectivity index (χ0v) is 8.56. The van der Waals surface area contributed by atoms with Gasteiger partial charge in [-0.1, -0.05) is 0 Å².